The lowest BCUT2D eigenvalue weighted by atomic mass is 9.82. The first-order valence-corrected chi connectivity index (χ1v) is 7.19. The van der Waals surface area contributed by atoms with Crippen molar-refractivity contribution in [1.82, 2.24) is 4.90 Å². The van der Waals surface area contributed by atoms with Crippen molar-refractivity contribution < 1.29 is 14.7 Å². The van der Waals surface area contributed by atoms with Crippen LogP contribution >= 0.6 is 0 Å². The summed E-state index contributed by atoms with van der Waals surface area (Å²) in [5, 5.41) is 9.39. The Labute approximate surface area is 107 Å². The van der Waals surface area contributed by atoms with E-state index < -0.39 is 12.0 Å². The van der Waals surface area contributed by atoms with Crippen LogP contribution in [0.1, 0.15) is 44.9 Å². The first-order chi connectivity index (χ1) is 8.66. The minimum Gasteiger partial charge on any atom is -0.480 e. The van der Waals surface area contributed by atoms with E-state index in [1.165, 1.54) is 6.42 Å². The maximum atomic E-state index is 12.3. The molecule has 0 aromatic carbocycles. The van der Waals surface area contributed by atoms with Crippen LogP contribution in [0.25, 0.3) is 0 Å². The van der Waals surface area contributed by atoms with Gasteiger partial charge in [0, 0.05) is 13.0 Å². The average molecular weight is 251 g/mol. The standard InChI is InChI=1S/C14H21NO3/c16-12(7-9-3-1-4-9)15-8-10-5-2-6-11(10)13(15)14(17)18/h9-11,13H,1-8H2,(H,17,18). The zero-order valence-electron chi connectivity index (χ0n) is 10.7. The zero-order valence-corrected chi connectivity index (χ0v) is 10.7. The van der Waals surface area contributed by atoms with Gasteiger partial charge in [-0.2, -0.15) is 0 Å². The highest BCUT2D eigenvalue weighted by Crippen LogP contribution is 2.43. The minimum atomic E-state index is -0.800. The van der Waals surface area contributed by atoms with Gasteiger partial charge in [-0.1, -0.05) is 12.8 Å². The topological polar surface area (TPSA) is 57.6 Å². The second-order valence-corrected chi connectivity index (χ2v) is 6.19. The molecule has 1 saturated heterocycles. The molecule has 18 heavy (non-hydrogen) atoms. The van der Waals surface area contributed by atoms with E-state index in [9.17, 15) is 14.7 Å². The maximum absolute atomic E-state index is 12.3. The van der Waals surface area contributed by atoms with Crippen molar-refractivity contribution in [3.63, 3.8) is 0 Å². The summed E-state index contributed by atoms with van der Waals surface area (Å²) in [5.41, 5.74) is 0. The van der Waals surface area contributed by atoms with Gasteiger partial charge in [0.2, 0.25) is 5.91 Å². The first kappa shape index (κ1) is 12.0. The second kappa shape index (κ2) is 4.56. The number of hydrogen-bond donors (Lipinski definition) is 1. The van der Waals surface area contributed by atoms with Crippen molar-refractivity contribution in [3.8, 4) is 0 Å². The Kier molecular flexibility index (Phi) is 3.04. The number of rotatable bonds is 3. The van der Waals surface area contributed by atoms with E-state index in [4.69, 9.17) is 0 Å². The van der Waals surface area contributed by atoms with Crippen molar-refractivity contribution in [1.29, 1.82) is 0 Å². The van der Waals surface area contributed by atoms with E-state index in [0.717, 1.165) is 32.1 Å². The van der Waals surface area contributed by atoms with E-state index in [2.05, 4.69) is 0 Å². The Morgan fingerprint density at radius 1 is 1.11 bits per heavy atom. The highest BCUT2D eigenvalue weighted by molar-refractivity contribution is 5.85. The number of aliphatic carboxylic acids is 1. The highest BCUT2D eigenvalue weighted by atomic mass is 16.4. The summed E-state index contributed by atoms with van der Waals surface area (Å²) < 4.78 is 0. The SMILES string of the molecule is O=C(O)C1C2CCCC2CN1C(=O)CC1CCC1. The number of amides is 1. The monoisotopic (exact) mass is 251 g/mol. The Hall–Kier alpha value is -1.06. The zero-order chi connectivity index (χ0) is 12.7. The molecule has 0 aromatic rings. The quantitative estimate of drug-likeness (QED) is 0.833. The molecule has 3 aliphatic rings. The molecule has 1 amide bonds. The largest absolute Gasteiger partial charge is 0.480 e. The molecule has 1 N–H and O–H groups in total. The normalized spacial score (nSPS) is 35.3. The highest BCUT2D eigenvalue weighted by Gasteiger charge is 2.49. The van der Waals surface area contributed by atoms with Crippen LogP contribution in [0.2, 0.25) is 0 Å². The summed E-state index contributed by atoms with van der Waals surface area (Å²) in [6, 6.07) is -0.537. The smallest absolute Gasteiger partial charge is 0.326 e. The fourth-order valence-corrected chi connectivity index (χ4v) is 3.94. The molecule has 1 aliphatic heterocycles. The van der Waals surface area contributed by atoms with Gasteiger partial charge in [-0.25, -0.2) is 4.79 Å². The number of carboxylic acid groups (broad SMARTS) is 1. The fraction of sp³-hybridized carbons (Fsp3) is 0.857. The van der Waals surface area contributed by atoms with E-state index in [1.807, 2.05) is 0 Å². The van der Waals surface area contributed by atoms with E-state index >= 15 is 0 Å². The number of nitrogens with zero attached hydrogens (tertiary/aromatic N) is 1. The second-order valence-electron chi connectivity index (χ2n) is 6.19. The van der Waals surface area contributed by atoms with Crippen LogP contribution < -0.4 is 0 Å². The molecule has 0 radical (unpaired) electrons. The third kappa shape index (κ3) is 1.91. The van der Waals surface area contributed by atoms with Gasteiger partial charge in [-0.15, -0.1) is 0 Å². The van der Waals surface area contributed by atoms with E-state index in [0.29, 0.717) is 24.8 Å². The van der Waals surface area contributed by atoms with Crippen molar-refractivity contribution >= 4 is 11.9 Å². The van der Waals surface area contributed by atoms with Crippen LogP contribution in [0.4, 0.5) is 0 Å². The van der Waals surface area contributed by atoms with Crippen LogP contribution in [-0.2, 0) is 9.59 Å². The maximum Gasteiger partial charge on any atom is 0.326 e. The van der Waals surface area contributed by atoms with Crippen LogP contribution in [0, 0.1) is 17.8 Å². The predicted molar refractivity (Wildman–Crippen MR) is 65.9 cm³/mol. The van der Waals surface area contributed by atoms with Gasteiger partial charge < -0.3 is 10.0 Å². The average Bonchev–Trinajstić information content (AvgIpc) is 2.81. The van der Waals surface area contributed by atoms with Crippen LogP contribution in [-0.4, -0.2) is 34.5 Å². The molecule has 4 heteroatoms. The number of hydrogen-bond acceptors (Lipinski definition) is 2. The van der Waals surface area contributed by atoms with Gasteiger partial charge in [0.05, 0.1) is 0 Å². The third-order valence-electron chi connectivity index (χ3n) is 5.15. The summed E-state index contributed by atoms with van der Waals surface area (Å²) in [7, 11) is 0. The number of carbonyl (C=O) groups is 2. The first-order valence-electron chi connectivity index (χ1n) is 7.19. The molecular weight excluding hydrogens is 230 g/mol. The molecular formula is C14H21NO3. The van der Waals surface area contributed by atoms with E-state index in [1.54, 1.807) is 4.90 Å². The number of fused-ring (bicyclic) bond motifs is 1. The molecule has 2 saturated carbocycles. The minimum absolute atomic E-state index is 0.0847. The molecule has 3 fully saturated rings. The lowest BCUT2D eigenvalue weighted by Gasteiger charge is -2.29. The number of carboxylic acids is 1. The molecule has 100 valence electrons. The summed E-state index contributed by atoms with van der Waals surface area (Å²) in [6.45, 7) is 0.688. The number of likely N-dealkylation sites (tertiary alicyclic amines) is 1. The molecule has 0 spiro atoms. The lowest BCUT2D eigenvalue weighted by Crippen LogP contribution is -2.44. The molecule has 3 atom stereocenters. The summed E-state index contributed by atoms with van der Waals surface area (Å²) in [6.07, 6.45) is 7.30. The Morgan fingerprint density at radius 3 is 2.44 bits per heavy atom. The molecule has 1 heterocycles. The number of carbonyl (C=O) groups excluding carboxylic acids is 1. The molecule has 3 unspecified atom stereocenters. The van der Waals surface area contributed by atoms with Gasteiger partial charge in [0.1, 0.15) is 6.04 Å². The molecule has 4 nitrogen and oxygen atoms in total. The lowest BCUT2D eigenvalue weighted by molar-refractivity contribution is -0.150. The fourth-order valence-electron chi connectivity index (χ4n) is 3.94. The predicted octanol–water partition coefficient (Wildman–Crippen LogP) is 1.89. The van der Waals surface area contributed by atoms with Crippen LogP contribution in [0.15, 0.2) is 0 Å². The van der Waals surface area contributed by atoms with Gasteiger partial charge in [-0.05, 0) is 43.4 Å². The Morgan fingerprint density at radius 2 is 1.83 bits per heavy atom. The van der Waals surface area contributed by atoms with Gasteiger partial charge in [0.25, 0.3) is 0 Å². The van der Waals surface area contributed by atoms with Crippen LogP contribution in [0.5, 0.6) is 0 Å². The Balaban J connectivity index is 1.69. The third-order valence-corrected chi connectivity index (χ3v) is 5.15. The molecule has 0 bridgehead atoms. The molecule has 0 aromatic heterocycles. The van der Waals surface area contributed by atoms with Gasteiger partial charge in [-0.3, -0.25) is 4.79 Å². The summed E-state index contributed by atoms with van der Waals surface area (Å²) in [4.78, 5) is 25.4. The Bertz CT molecular complexity index is 364. The summed E-state index contributed by atoms with van der Waals surface area (Å²) in [5.74, 6) is 0.463. The van der Waals surface area contributed by atoms with Crippen LogP contribution in [0.3, 0.4) is 0 Å². The molecule has 3 rings (SSSR count). The van der Waals surface area contributed by atoms with Crippen molar-refractivity contribution in [3.05, 3.63) is 0 Å². The summed E-state index contributed by atoms with van der Waals surface area (Å²) >= 11 is 0. The van der Waals surface area contributed by atoms with E-state index in [-0.39, 0.29) is 11.8 Å². The van der Waals surface area contributed by atoms with Gasteiger partial charge in [0.15, 0.2) is 0 Å². The van der Waals surface area contributed by atoms with Crippen molar-refractivity contribution in [2.45, 2.75) is 51.0 Å². The van der Waals surface area contributed by atoms with Crippen molar-refractivity contribution in [2.24, 2.45) is 17.8 Å². The van der Waals surface area contributed by atoms with Crippen molar-refractivity contribution in [2.75, 3.05) is 6.54 Å². The van der Waals surface area contributed by atoms with Gasteiger partial charge >= 0.3 is 5.97 Å². The molecule has 2 aliphatic carbocycles.